The normalized spacial score (nSPS) is 12.1. The Labute approximate surface area is 85.9 Å². The molecule has 1 atom stereocenters. The highest BCUT2D eigenvalue weighted by molar-refractivity contribution is 9.10. The Bertz CT molecular complexity index is 343. The fourth-order valence-electron chi connectivity index (χ4n) is 1.19. The van der Waals surface area contributed by atoms with Crippen molar-refractivity contribution in [2.24, 2.45) is 0 Å². The van der Waals surface area contributed by atoms with E-state index >= 15 is 0 Å². The van der Waals surface area contributed by atoms with Crippen molar-refractivity contribution in [3.05, 3.63) is 28.2 Å². The molecule has 0 saturated carbocycles. The molecule has 0 fully saturated rings. The first-order valence-corrected chi connectivity index (χ1v) is 4.86. The van der Waals surface area contributed by atoms with Gasteiger partial charge in [-0.2, -0.15) is 5.26 Å². The van der Waals surface area contributed by atoms with Gasteiger partial charge in [-0.25, -0.2) is 0 Å². The van der Waals surface area contributed by atoms with Crippen LogP contribution < -0.4 is 0 Å². The second kappa shape index (κ2) is 4.29. The van der Waals surface area contributed by atoms with Crippen molar-refractivity contribution in [2.75, 3.05) is 0 Å². The van der Waals surface area contributed by atoms with Gasteiger partial charge in [-0.1, -0.05) is 22.9 Å². The van der Waals surface area contributed by atoms with E-state index in [1.165, 1.54) is 0 Å². The number of hydrogen-bond donors (Lipinski definition) is 1. The maximum Gasteiger partial charge on any atom is 0.120 e. The molecule has 0 aliphatic carbocycles. The molecule has 0 radical (unpaired) electrons. The molecule has 0 aliphatic heterocycles. The highest BCUT2D eigenvalue weighted by Gasteiger charge is 2.12. The van der Waals surface area contributed by atoms with Crippen LogP contribution in [0.1, 0.15) is 24.8 Å². The van der Waals surface area contributed by atoms with Crippen molar-refractivity contribution in [1.82, 2.24) is 0 Å². The van der Waals surface area contributed by atoms with E-state index < -0.39 is 0 Å². The fraction of sp³-hybridized carbons (Fsp3) is 0.300. The highest BCUT2D eigenvalue weighted by Crippen LogP contribution is 2.30. The summed E-state index contributed by atoms with van der Waals surface area (Å²) in [4.78, 5) is 0. The maximum absolute atomic E-state index is 9.50. The van der Waals surface area contributed by atoms with Crippen molar-refractivity contribution in [2.45, 2.75) is 19.3 Å². The summed E-state index contributed by atoms with van der Waals surface area (Å²) in [5.74, 6) is -0.0332. The highest BCUT2D eigenvalue weighted by atomic mass is 79.9. The Hall–Kier alpha value is -1.01. The molecule has 0 aliphatic rings. The molecule has 0 heterocycles. The van der Waals surface area contributed by atoms with Crippen LogP contribution in [-0.2, 0) is 0 Å². The van der Waals surface area contributed by atoms with Crippen LogP contribution in [0.3, 0.4) is 0 Å². The van der Waals surface area contributed by atoms with Gasteiger partial charge in [0.2, 0.25) is 0 Å². The molecule has 0 amide bonds. The number of phenolic OH excluding ortho intramolecular Hbond substituents is 1. The summed E-state index contributed by atoms with van der Waals surface area (Å²) in [5, 5.41) is 18.3. The SMILES string of the molecule is CCC(C#N)c1cc(Br)ccc1O. The van der Waals surface area contributed by atoms with Crippen LogP contribution >= 0.6 is 15.9 Å². The summed E-state index contributed by atoms with van der Waals surface area (Å²) in [5.41, 5.74) is 0.694. The molecule has 2 nitrogen and oxygen atoms in total. The van der Waals surface area contributed by atoms with Crippen LogP contribution in [0.2, 0.25) is 0 Å². The second-order valence-electron chi connectivity index (χ2n) is 2.79. The van der Waals surface area contributed by atoms with Crippen molar-refractivity contribution >= 4 is 15.9 Å². The number of benzene rings is 1. The first kappa shape index (κ1) is 10.1. The Balaban J connectivity index is 3.13. The average Bonchev–Trinajstić information content (AvgIpc) is 2.13. The van der Waals surface area contributed by atoms with Gasteiger partial charge in [0.1, 0.15) is 5.75 Å². The smallest absolute Gasteiger partial charge is 0.120 e. The minimum atomic E-state index is -0.225. The van der Waals surface area contributed by atoms with Gasteiger partial charge in [0.25, 0.3) is 0 Å². The number of nitrogens with zero attached hydrogens (tertiary/aromatic N) is 1. The van der Waals surface area contributed by atoms with Gasteiger partial charge < -0.3 is 5.11 Å². The van der Waals surface area contributed by atoms with Gasteiger partial charge in [-0.15, -0.1) is 0 Å². The first-order valence-electron chi connectivity index (χ1n) is 4.07. The van der Waals surface area contributed by atoms with E-state index in [9.17, 15) is 5.11 Å². The molecule has 1 N–H and O–H groups in total. The lowest BCUT2D eigenvalue weighted by Gasteiger charge is -2.08. The van der Waals surface area contributed by atoms with Crippen LogP contribution in [0.25, 0.3) is 0 Å². The van der Waals surface area contributed by atoms with Gasteiger partial charge in [0.15, 0.2) is 0 Å². The molecule has 1 aromatic carbocycles. The molecule has 0 aromatic heterocycles. The molecule has 1 rings (SSSR count). The zero-order chi connectivity index (χ0) is 9.84. The lowest BCUT2D eigenvalue weighted by Crippen LogP contribution is -1.93. The van der Waals surface area contributed by atoms with Crippen LogP contribution in [0.15, 0.2) is 22.7 Å². The molecule has 1 aromatic rings. The summed E-state index contributed by atoms with van der Waals surface area (Å²) in [6.45, 7) is 1.92. The fourth-order valence-corrected chi connectivity index (χ4v) is 1.56. The van der Waals surface area contributed by atoms with Crippen LogP contribution in [0.5, 0.6) is 5.75 Å². The molecule has 68 valence electrons. The molecule has 0 bridgehead atoms. The summed E-state index contributed by atoms with van der Waals surface area (Å²) in [7, 11) is 0. The van der Waals surface area contributed by atoms with E-state index in [-0.39, 0.29) is 11.7 Å². The van der Waals surface area contributed by atoms with Crippen molar-refractivity contribution in [1.29, 1.82) is 5.26 Å². The van der Waals surface area contributed by atoms with Gasteiger partial charge in [0.05, 0.1) is 12.0 Å². The molecule has 0 spiro atoms. The molecule has 1 unspecified atom stereocenters. The predicted octanol–water partition coefficient (Wildman–Crippen LogP) is 3.17. The number of halogens is 1. The van der Waals surface area contributed by atoms with Crippen molar-refractivity contribution < 1.29 is 5.11 Å². The third-order valence-electron chi connectivity index (χ3n) is 1.93. The van der Waals surface area contributed by atoms with E-state index in [0.29, 0.717) is 12.0 Å². The lowest BCUT2D eigenvalue weighted by atomic mass is 9.97. The third kappa shape index (κ3) is 2.22. The topological polar surface area (TPSA) is 44.0 Å². The van der Waals surface area contributed by atoms with E-state index in [1.54, 1.807) is 18.2 Å². The van der Waals surface area contributed by atoms with Crippen molar-refractivity contribution in [3.8, 4) is 11.8 Å². The zero-order valence-corrected chi connectivity index (χ0v) is 8.87. The van der Waals surface area contributed by atoms with Gasteiger partial charge in [0, 0.05) is 10.0 Å². The van der Waals surface area contributed by atoms with Crippen LogP contribution in [0, 0.1) is 11.3 Å². The monoisotopic (exact) mass is 239 g/mol. The van der Waals surface area contributed by atoms with E-state index in [1.807, 2.05) is 6.92 Å². The Kier molecular flexibility index (Phi) is 3.32. The van der Waals surface area contributed by atoms with Gasteiger partial charge >= 0.3 is 0 Å². The van der Waals surface area contributed by atoms with E-state index in [0.717, 1.165) is 4.47 Å². The maximum atomic E-state index is 9.50. The van der Waals surface area contributed by atoms with Gasteiger partial charge in [-0.05, 0) is 24.6 Å². The Morgan fingerprint density at radius 1 is 1.62 bits per heavy atom. The van der Waals surface area contributed by atoms with E-state index in [4.69, 9.17) is 5.26 Å². The van der Waals surface area contributed by atoms with Crippen LogP contribution in [0.4, 0.5) is 0 Å². The number of nitriles is 1. The predicted molar refractivity (Wildman–Crippen MR) is 54.5 cm³/mol. The Morgan fingerprint density at radius 3 is 2.85 bits per heavy atom. The first-order chi connectivity index (χ1) is 6.19. The van der Waals surface area contributed by atoms with Crippen LogP contribution in [-0.4, -0.2) is 5.11 Å². The Morgan fingerprint density at radius 2 is 2.31 bits per heavy atom. The summed E-state index contributed by atoms with van der Waals surface area (Å²) >= 11 is 3.30. The molecule has 13 heavy (non-hydrogen) atoms. The molecule has 0 saturated heterocycles. The summed E-state index contributed by atoms with van der Waals surface area (Å²) in [6, 6.07) is 7.29. The summed E-state index contributed by atoms with van der Waals surface area (Å²) in [6.07, 6.45) is 0.709. The zero-order valence-electron chi connectivity index (χ0n) is 7.29. The molecular formula is C10H10BrNO. The molecule has 3 heteroatoms. The quantitative estimate of drug-likeness (QED) is 0.862. The average molecular weight is 240 g/mol. The largest absolute Gasteiger partial charge is 0.508 e. The summed E-state index contributed by atoms with van der Waals surface area (Å²) < 4.78 is 0.883. The lowest BCUT2D eigenvalue weighted by molar-refractivity contribution is 0.465. The number of rotatable bonds is 2. The third-order valence-corrected chi connectivity index (χ3v) is 2.42. The second-order valence-corrected chi connectivity index (χ2v) is 3.71. The van der Waals surface area contributed by atoms with Crippen molar-refractivity contribution in [3.63, 3.8) is 0 Å². The van der Waals surface area contributed by atoms with E-state index in [2.05, 4.69) is 22.0 Å². The molecular weight excluding hydrogens is 230 g/mol. The number of hydrogen-bond acceptors (Lipinski definition) is 2. The number of phenols is 1. The number of aromatic hydroxyl groups is 1. The minimum absolute atomic E-state index is 0.191. The minimum Gasteiger partial charge on any atom is -0.508 e. The standard InChI is InChI=1S/C10H10BrNO/c1-2-7(6-12)9-5-8(11)3-4-10(9)13/h3-5,7,13H,2H2,1H3. The van der Waals surface area contributed by atoms with Gasteiger partial charge in [-0.3, -0.25) is 0 Å².